The van der Waals surface area contributed by atoms with Gasteiger partial charge in [-0.1, -0.05) is 6.92 Å². The lowest BCUT2D eigenvalue weighted by molar-refractivity contribution is -0.213. The lowest BCUT2D eigenvalue weighted by Gasteiger charge is -2.62. The maximum atomic E-state index is 12.9. The van der Waals surface area contributed by atoms with Gasteiger partial charge in [0.25, 0.3) is 0 Å². The van der Waals surface area contributed by atoms with E-state index in [1.54, 1.807) is 0 Å². The zero-order chi connectivity index (χ0) is 17.6. The Morgan fingerprint density at radius 1 is 1.00 bits per heavy atom. The van der Waals surface area contributed by atoms with Gasteiger partial charge in [-0.2, -0.15) is 0 Å². The van der Waals surface area contributed by atoms with E-state index in [4.69, 9.17) is 4.74 Å². The summed E-state index contributed by atoms with van der Waals surface area (Å²) in [6.07, 6.45) is 8.29. The Labute approximate surface area is 150 Å². The molecule has 140 valence electrons. The third-order valence-corrected chi connectivity index (χ3v) is 9.59. The van der Waals surface area contributed by atoms with E-state index < -0.39 is 11.0 Å². The van der Waals surface area contributed by atoms with Crippen LogP contribution in [0.1, 0.15) is 71.6 Å². The molecule has 4 aliphatic carbocycles. The van der Waals surface area contributed by atoms with Crippen LogP contribution in [-0.4, -0.2) is 34.0 Å². The third-order valence-electron chi connectivity index (χ3n) is 9.59. The monoisotopic (exact) mass is 348 g/mol. The van der Waals surface area contributed by atoms with Gasteiger partial charge in [0.2, 0.25) is 0 Å². The number of aliphatic hydroxyl groups is 2. The van der Waals surface area contributed by atoms with Gasteiger partial charge >= 0.3 is 5.97 Å². The Bertz CT molecular complexity index is 605. The maximum Gasteiger partial charge on any atom is 0.315 e. The number of carbonyl (C=O) groups is 1. The van der Waals surface area contributed by atoms with Crippen molar-refractivity contribution < 1.29 is 19.7 Å². The lowest BCUT2D eigenvalue weighted by Crippen LogP contribution is -2.64. The van der Waals surface area contributed by atoms with Gasteiger partial charge in [0.15, 0.2) is 0 Å². The molecule has 4 saturated carbocycles. The number of cyclic esters (lactones) is 1. The Kier molecular flexibility index (Phi) is 3.32. The summed E-state index contributed by atoms with van der Waals surface area (Å²) in [5.41, 5.74) is -1.29. The molecule has 5 aliphatic rings. The summed E-state index contributed by atoms with van der Waals surface area (Å²) in [6.45, 7) is 4.42. The van der Waals surface area contributed by atoms with Crippen LogP contribution in [0.5, 0.6) is 0 Å². The number of rotatable bonds is 0. The first kappa shape index (κ1) is 16.6. The zero-order valence-electron chi connectivity index (χ0n) is 15.5. The fourth-order valence-electron chi connectivity index (χ4n) is 8.37. The predicted molar refractivity (Wildman–Crippen MR) is 92.6 cm³/mol. The first-order valence-corrected chi connectivity index (χ1v) is 10.4. The second-order valence-corrected chi connectivity index (χ2v) is 10.1. The summed E-state index contributed by atoms with van der Waals surface area (Å²) in [6, 6.07) is 0. The van der Waals surface area contributed by atoms with E-state index in [9.17, 15) is 15.0 Å². The minimum Gasteiger partial charge on any atom is -0.462 e. The van der Waals surface area contributed by atoms with Gasteiger partial charge in [-0.15, -0.1) is 0 Å². The first-order valence-electron chi connectivity index (χ1n) is 10.4. The van der Waals surface area contributed by atoms with E-state index in [1.807, 2.05) is 6.92 Å². The van der Waals surface area contributed by atoms with Crippen molar-refractivity contribution in [3.8, 4) is 0 Å². The highest BCUT2D eigenvalue weighted by molar-refractivity contribution is 5.82. The van der Waals surface area contributed by atoms with Crippen molar-refractivity contribution in [2.24, 2.45) is 34.5 Å². The van der Waals surface area contributed by atoms with Gasteiger partial charge < -0.3 is 14.9 Å². The second-order valence-electron chi connectivity index (χ2n) is 10.1. The van der Waals surface area contributed by atoms with Crippen LogP contribution >= 0.6 is 0 Å². The van der Waals surface area contributed by atoms with Crippen LogP contribution in [0.4, 0.5) is 0 Å². The Hall–Kier alpha value is -0.610. The average Bonchev–Trinajstić information content (AvgIpc) is 3.01. The SMILES string of the molecule is C[C@H]1OC(=O)[C@]23CC[C@H]4[C@@H](CC[C@H]5C[C@@H](O)CC[C@@]54C)[C@@]2(O)CC[C@H]13. The fraction of sp³-hybridized carbons (Fsp3) is 0.952. The number of aliphatic hydroxyl groups excluding tert-OH is 1. The molecule has 25 heavy (non-hydrogen) atoms. The topological polar surface area (TPSA) is 66.8 Å². The number of hydrogen-bond donors (Lipinski definition) is 2. The number of carbonyl (C=O) groups excluding carboxylic acids is 1. The maximum absolute atomic E-state index is 12.9. The average molecular weight is 348 g/mol. The Balaban J connectivity index is 1.54. The van der Waals surface area contributed by atoms with E-state index in [0.717, 1.165) is 57.8 Å². The van der Waals surface area contributed by atoms with Crippen molar-refractivity contribution in [3.05, 3.63) is 0 Å². The highest BCUT2D eigenvalue weighted by Crippen LogP contribution is 2.71. The molecule has 0 aromatic rings. The van der Waals surface area contributed by atoms with Gasteiger partial charge in [0.05, 0.1) is 11.7 Å². The molecule has 1 heterocycles. The van der Waals surface area contributed by atoms with Crippen LogP contribution < -0.4 is 0 Å². The lowest BCUT2D eigenvalue weighted by atomic mass is 9.43. The van der Waals surface area contributed by atoms with E-state index in [2.05, 4.69) is 6.92 Å². The smallest absolute Gasteiger partial charge is 0.315 e. The molecule has 1 aliphatic heterocycles. The molecular formula is C21H32O4. The molecule has 2 N–H and O–H groups in total. The van der Waals surface area contributed by atoms with Crippen LogP contribution in [0, 0.1) is 34.5 Å². The minimum absolute atomic E-state index is 0.0465. The summed E-state index contributed by atoms with van der Waals surface area (Å²) in [5.74, 6) is 1.36. The highest BCUT2D eigenvalue weighted by atomic mass is 16.6. The van der Waals surface area contributed by atoms with Crippen molar-refractivity contribution in [3.63, 3.8) is 0 Å². The molecule has 9 atom stereocenters. The first-order chi connectivity index (χ1) is 11.8. The summed E-state index contributed by atoms with van der Waals surface area (Å²) in [5, 5.41) is 22.1. The molecule has 0 aromatic carbocycles. The van der Waals surface area contributed by atoms with Crippen molar-refractivity contribution in [1.82, 2.24) is 0 Å². The standard InChI is InChI=1S/C21H32O4/c1-12-15-7-10-21(24)17-4-3-13-11-14(22)5-8-19(13,2)16(17)6-9-20(15,21)18(23)25-12/h12-17,22,24H,3-11H2,1-2H3/t12-,13+,14+,15-,16+,17-,19+,20-,21+/m1/s1. The number of hydrogen-bond acceptors (Lipinski definition) is 4. The quantitative estimate of drug-likeness (QED) is 0.660. The van der Waals surface area contributed by atoms with Gasteiger partial charge in [-0.25, -0.2) is 0 Å². The largest absolute Gasteiger partial charge is 0.462 e. The van der Waals surface area contributed by atoms with Crippen molar-refractivity contribution >= 4 is 5.97 Å². The van der Waals surface area contributed by atoms with E-state index in [0.29, 0.717) is 11.8 Å². The molecule has 0 bridgehead atoms. The molecule has 4 nitrogen and oxygen atoms in total. The number of ether oxygens (including phenoxy) is 1. The Morgan fingerprint density at radius 2 is 1.76 bits per heavy atom. The minimum atomic E-state index is -0.869. The van der Waals surface area contributed by atoms with E-state index in [-0.39, 0.29) is 35.4 Å². The van der Waals surface area contributed by atoms with Gasteiger partial charge in [0, 0.05) is 5.92 Å². The molecule has 4 heteroatoms. The molecule has 5 fully saturated rings. The van der Waals surface area contributed by atoms with Crippen LogP contribution in [0.2, 0.25) is 0 Å². The highest BCUT2D eigenvalue weighted by Gasteiger charge is 2.75. The van der Waals surface area contributed by atoms with Crippen LogP contribution in [-0.2, 0) is 9.53 Å². The summed E-state index contributed by atoms with van der Waals surface area (Å²) < 4.78 is 5.65. The van der Waals surface area contributed by atoms with Crippen molar-refractivity contribution in [2.75, 3.05) is 0 Å². The molecule has 1 spiro atoms. The van der Waals surface area contributed by atoms with Gasteiger partial charge in [0.1, 0.15) is 11.5 Å². The van der Waals surface area contributed by atoms with Crippen LogP contribution in [0.3, 0.4) is 0 Å². The molecule has 5 rings (SSSR count). The Morgan fingerprint density at radius 3 is 2.56 bits per heavy atom. The predicted octanol–water partition coefficient (Wildman–Crippen LogP) is 3.05. The van der Waals surface area contributed by atoms with Crippen LogP contribution in [0.25, 0.3) is 0 Å². The summed E-state index contributed by atoms with van der Waals surface area (Å²) >= 11 is 0. The van der Waals surface area contributed by atoms with Crippen molar-refractivity contribution in [2.45, 2.75) is 89.4 Å². The van der Waals surface area contributed by atoms with Crippen molar-refractivity contribution in [1.29, 1.82) is 0 Å². The fourth-order valence-corrected chi connectivity index (χ4v) is 8.37. The molecule has 0 aromatic heterocycles. The molecule has 0 amide bonds. The molecule has 1 saturated heterocycles. The van der Waals surface area contributed by atoms with Gasteiger partial charge in [-0.3, -0.25) is 4.79 Å². The second kappa shape index (κ2) is 5.01. The van der Waals surface area contributed by atoms with Gasteiger partial charge in [-0.05, 0) is 87.9 Å². The zero-order valence-corrected chi connectivity index (χ0v) is 15.5. The molecule has 0 unspecified atom stereocenters. The summed E-state index contributed by atoms with van der Waals surface area (Å²) in [4.78, 5) is 12.9. The van der Waals surface area contributed by atoms with E-state index >= 15 is 0 Å². The molecule has 0 radical (unpaired) electrons. The number of fused-ring (bicyclic) bond motifs is 4. The molecular weight excluding hydrogens is 316 g/mol. The van der Waals surface area contributed by atoms with E-state index in [1.165, 1.54) is 0 Å². The number of esters is 1. The van der Waals surface area contributed by atoms with Crippen LogP contribution in [0.15, 0.2) is 0 Å². The normalized spacial score (nSPS) is 60.2. The summed E-state index contributed by atoms with van der Waals surface area (Å²) in [7, 11) is 0. The third kappa shape index (κ3) is 1.79.